The predicted molar refractivity (Wildman–Crippen MR) is 75.1 cm³/mol. The Morgan fingerprint density at radius 1 is 1.22 bits per heavy atom. The summed E-state index contributed by atoms with van der Waals surface area (Å²) in [5.74, 6) is 0.825. The van der Waals surface area contributed by atoms with Crippen molar-refractivity contribution >= 4 is 0 Å². The molecule has 102 valence electrons. The van der Waals surface area contributed by atoms with Crippen molar-refractivity contribution in [2.45, 2.75) is 39.2 Å². The number of likely N-dealkylation sites (N-methyl/N-ethyl adjacent to an activating group) is 1. The van der Waals surface area contributed by atoms with Crippen molar-refractivity contribution < 1.29 is 9.84 Å². The van der Waals surface area contributed by atoms with Crippen LogP contribution in [0, 0.1) is 0 Å². The standard InChI is InChI=1S/C15H25NO2/c1-3-5-6-13-7-9-15(10-8-13)18-12-14(17)11-16-4-2/h7-10,14,16-17H,3-6,11-12H2,1-2H3. The Morgan fingerprint density at radius 3 is 2.56 bits per heavy atom. The van der Waals surface area contributed by atoms with Crippen molar-refractivity contribution in [3.8, 4) is 5.75 Å². The van der Waals surface area contributed by atoms with Crippen molar-refractivity contribution in [3.63, 3.8) is 0 Å². The van der Waals surface area contributed by atoms with Crippen molar-refractivity contribution in [2.24, 2.45) is 0 Å². The number of benzene rings is 1. The normalized spacial score (nSPS) is 12.4. The number of unbranched alkanes of at least 4 members (excludes halogenated alkanes) is 1. The molecule has 0 heterocycles. The Hall–Kier alpha value is -1.06. The van der Waals surface area contributed by atoms with E-state index in [2.05, 4.69) is 24.4 Å². The molecule has 0 saturated carbocycles. The van der Waals surface area contributed by atoms with E-state index in [1.165, 1.54) is 18.4 Å². The minimum Gasteiger partial charge on any atom is -0.491 e. The molecule has 0 aromatic heterocycles. The Balaban J connectivity index is 2.30. The molecule has 1 aromatic rings. The Kier molecular flexibility index (Phi) is 7.46. The molecule has 3 heteroatoms. The number of ether oxygens (including phenoxy) is 1. The van der Waals surface area contributed by atoms with Crippen LogP contribution in [0.5, 0.6) is 5.75 Å². The van der Waals surface area contributed by atoms with Crippen LogP contribution in [0.3, 0.4) is 0 Å². The first kappa shape index (κ1) is 15.0. The van der Waals surface area contributed by atoms with Gasteiger partial charge in [0.1, 0.15) is 18.5 Å². The maximum absolute atomic E-state index is 9.62. The molecular weight excluding hydrogens is 226 g/mol. The minimum absolute atomic E-state index is 0.335. The molecule has 0 amide bonds. The summed E-state index contributed by atoms with van der Waals surface area (Å²) in [7, 11) is 0. The quantitative estimate of drug-likeness (QED) is 0.708. The molecule has 18 heavy (non-hydrogen) atoms. The van der Waals surface area contributed by atoms with E-state index in [-0.39, 0.29) is 0 Å². The molecule has 3 nitrogen and oxygen atoms in total. The number of hydrogen-bond acceptors (Lipinski definition) is 3. The van der Waals surface area contributed by atoms with Gasteiger partial charge in [-0.15, -0.1) is 0 Å². The van der Waals surface area contributed by atoms with Crippen LogP contribution in [0.1, 0.15) is 32.3 Å². The van der Waals surface area contributed by atoms with Crippen LogP contribution in [0.15, 0.2) is 24.3 Å². The van der Waals surface area contributed by atoms with E-state index in [9.17, 15) is 5.11 Å². The van der Waals surface area contributed by atoms with E-state index >= 15 is 0 Å². The zero-order valence-corrected chi connectivity index (χ0v) is 11.5. The summed E-state index contributed by atoms with van der Waals surface area (Å²) in [5, 5.41) is 12.7. The Morgan fingerprint density at radius 2 is 1.94 bits per heavy atom. The SMILES string of the molecule is CCCCc1ccc(OCC(O)CNCC)cc1. The van der Waals surface area contributed by atoms with Crippen LogP contribution in [0.2, 0.25) is 0 Å². The van der Waals surface area contributed by atoms with Gasteiger partial charge >= 0.3 is 0 Å². The lowest BCUT2D eigenvalue weighted by atomic mass is 10.1. The van der Waals surface area contributed by atoms with Crippen LogP contribution in [0.25, 0.3) is 0 Å². The third kappa shape index (κ3) is 6.03. The summed E-state index contributed by atoms with van der Waals surface area (Å²) in [5.41, 5.74) is 1.34. The Labute approximate surface area is 110 Å². The average Bonchev–Trinajstić information content (AvgIpc) is 2.41. The third-order valence-electron chi connectivity index (χ3n) is 2.81. The van der Waals surface area contributed by atoms with E-state index in [4.69, 9.17) is 4.74 Å². The second-order valence-corrected chi connectivity index (χ2v) is 4.52. The van der Waals surface area contributed by atoms with Gasteiger partial charge in [0.25, 0.3) is 0 Å². The zero-order valence-electron chi connectivity index (χ0n) is 11.5. The molecule has 0 aliphatic heterocycles. The van der Waals surface area contributed by atoms with Crippen LogP contribution in [-0.2, 0) is 6.42 Å². The first-order valence-electron chi connectivity index (χ1n) is 6.86. The number of rotatable bonds is 9. The van der Waals surface area contributed by atoms with Crippen molar-refractivity contribution in [1.82, 2.24) is 5.32 Å². The van der Waals surface area contributed by atoms with Crippen molar-refractivity contribution in [1.29, 1.82) is 0 Å². The molecule has 2 N–H and O–H groups in total. The van der Waals surface area contributed by atoms with E-state index < -0.39 is 6.10 Å². The molecule has 0 fully saturated rings. The smallest absolute Gasteiger partial charge is 0.119 e. The van der Waals surface area contributed by atoms with E-state index in [0.29, 0.717) is 13.2 Å². The highest BCUT2D eigenvalue weighted by Gasteiger charge is 2.04. The second kappa shape index (κ2) is 8.95. The minimum atomic E-state index is -0.454. The number of hydrogen-bond donors (Lipinski definition) is 2. The van der Waals surface area contributed by atoms with Gasteiger partial charge < -0.3 is 15.2 Å². The molecule has 1 aromatic carbocycles. The number of aliphatic hydroxyl groups excluding tert-OH is 1. The van der Waals surface area contributed by atoms with E-state index in [1.54, 1.807) is 0 Å². The van der Waals surface area contributed by atoms with Crippen molar-refractivity contribution in [3.05, 3.63) is 29.8 Å². The van der Waals surface area contributed by atoms with Gasteiger partial charge in [-0.1, -0.05) is 32.4 Å². The summed E-state index contributed by atoms with van der Waals surface area (Å²) >= 11 is 0. The lowest BCUT2D eigenvalue weighted by molar-refractivity contribution is 0.107. The lowest BCUT2D eigenvalue weighted by Crippen LogP contribution is -2.31. The predicted octanol–water partition coefficient (Wildman–Crippen LogP) is 2.38. The molecule has 1 unspecified atom stereocenters. The van der Waals surface area contributed by atoms with Gasteiger partial charge in [0.15, 0.2) is 0 Å². The van der Waals surface area contributed by atoms with Gasteiger partial charge in [-0.25, -0.2) is 0 Å². The van der Waals surface area contributed by atoms with Crippen LogP contribution < -0.4 is 10.1 Å². The first-order valence-corrected chi connectivity index (χ1v) is 6.86. The van der Waals surface area contributed by atoms with E-state index in [1.807, 2.05) is 19.1 Å². The molecule has 0 saturated heterocycles. The summed E-state index contributed by atoms with van der Waals surface area (Å²) in [4.78, 5) is 0. The van der Waals surface area contributed by atoms with Gasteiger partial charge in [-0.3, -0.25) is 0 Å². The summed E-state index contributed by atoms with van der Waals surface area (Å²) < 4.78 is 5.53. The second-order valence-electron chi connectivity index (χ2n) is 4.52. The largest absolute Gasteiger partial charge is 0.491 e. The monoisotopic (exact) mass is 251 g/mol. The topological polar surface area (TPSA) is 41.5 Å². The molecule has 1 atom stereocenters. The average molecular weight is 251 g/mol. The van der Waals surface area contributed by atoms with Gasteiger partial charge in [-0.05, 0) is 37.1 Å². The number of aryl methyl sites for hydroxylation is 1. The van der Waals surface area contributed by atoms with Gasteiger partial charge in [0, 0.05) is 6.54 Å². The van der Waals surface area contributed by atoms with Gasteiger partial charge in [0.2, 0.25) is 0 Å². The van der Waals surface area contributed by atoms with Crippen LogP contribution in [0.4, 0.5) is 0 Å². The van der Waals surface area contributed by atoms with Crippen LogP contribution in [-0.4, -0.2) is 30.9 Å². The number of aliphatic hydroxyl groups is 1. The highest BCUT2D eigenvalue weighted by atomic mass is 16.5. The highest BCUT2D eigenvalue weighted by Crippen LogP contribution is 2.14. The van der Waals surface area contributed by atoms with Crippen LogP contribution >= 0.6 is 0 Å². The van der Waals surface area contributed by atoms with Gasteiger partial charge in [0.05, 0.1) is 0 Å². The maximum atomic E-state index is 9.62. The summed E-state index contributed by atoms with van der Waals surface area (Å²) in [6.07, 6.45) is 3.11. The lowest BCUT2D eigenvalue weighted by Gasteiger charge is -2.12. The zero-order chi connectivity index (χ0) is 13.2. The molecule has 0 bridgehead atoms. The Bertz CT molecular complexity index is 311. The van der Waals surface area contributed by atoms with Gasteiger partial charge in [-0.2, -0.15) is 0 Å². The summed E-state index contributed by atoms with van der Waals surface area (Å²) in [6, 6.07) is 8.15. The number of nitrogens with one attached hydrogen (secondary N) is 1. The van der Waals surface area contributed by atoms with Crippen molar-refractivity contribution in [2.75, 3.05) is 19.7 Å². The molecule has 0 aliphatic carbocycles. The van der Waals surface area contributed by atoms with E-state index in [0.717, 1.165) is 18.7 Å². The molecular formula is C15H25NO2. The fraction of sp³-hybridized carbons (Fsp3) is 0.600. The maximum Gasteiger partial charge on any atom is 0.119 e. The highest BCUT2D eigenvalue weighted by molar-refractivity contribution is 5.27. The first-order chi connectivity index (χ1) is 8.76. The molecule has 1 rings (SSSR count). The fourth-order valence-electron chi connectivity index (χ4n) is 1.70. The molecule has 0 radical (unpaired) electrons. The molecule has 0 spiro atoms. The fourth-order valence-corrected chi connectivity index (χ4v) is 1.70. The summed E-state index contributed by atoms with van der Waals surface area (Å²) in [6.45, 7) is 5.99. The molecule has 0 aliphatic rings. The third-order valence-corrected chi connectivity index (χ3v) is 2.81.